The SMILES string of the molecule is Oc1cc2c(cc1O)C(c1ccc(Cl)cc1)CNCC2. The molecule has 0 spiro atoms. The van der Waals surface area contributed by atoms with Crippen LogP contribution in [-0.2, 0) is 6.42 Å². The Labute approximate surface area is 122 Å². The number of rotatable bonds is 1. The Kier molecular flexibility index (Phi) is 3.55. The van der Waals surface area contributed by atoms with Gasteiger partial charge in [0.15, 0.2) is 11.5 Å². The zero-order valence-electron chi connectivity index (χ0n) is 10.9. The summed E-state index contributed by atoms with van der Waals surface area (Å²) in [5.74, 6) is 0.0291. The topological polar surface area (TPSA) is 52.5 Å². The molecule has 2 aromatic carbocycles. The molecule has 0 saturated carbocycles. The van der Waals surface area contributed by atoms with Crippen molar-refractivity contribution in [2.45, 2.75) is 12.3 Å². The van der Waals surface area contributed by atoms with E-state index in [9.17, 15) is 10.2 Å². The van der Waals surface area contributed by atoms with E-state index >= 15 is 0 Å². The summed E-state index contributed by atoms with van der Waals surface area (Å²) in [7, 11) is 0. The normalized spacial score (nSPS) is 18.4. The second-order valence-corrected chi connectivity index (χ2v) is 5.53. The van der Waals surface area contributed by atoms with Crippen LogP contribution in [-0.4, -0.2) is 23.3 Å². The smallest absolute Gasteiger partial charge is 0.157 e. The third-order valence-corrected chi connectivity index (χ3v) is 4.06. The molecule has 3 N–H and O–H groups in total. The van der Waals surface area contributed by atoms with Crippen molar-refractivity contribution in [3.8, 4) is 11.5 Å². The molecule has 0 saturated heterocycles. The van der Waals surface area contributed by atoms with Gasteiger partial charge in [0.05, 0.1) is 0 Å². The summed E-state index contributed by atoms with van der Waals surface area (Å²) in [6.45, 7) is 1.67. The van der Waals surface area contributed by atoms with Crippen molar-refractivity contribution in [1.82, 2.24) is 5.32 Å². The standard InChI is InChI=1S/C16H16ClNO2/c17-12-3-1-10(2-4-12)14-9-18-6-5-11-7-15(19)16(20)8-13(11)14/h1-4,7-8,14,18-20H,5-6,9H2. The first-order valence-corrected chi connectivity index (χ1v) is 7.04. The van der Waals surface area contributed by atoms with Gasteiger partial charge >= 0.3 is 0 Å². The second kappa shape index (κ2) is 5.35. The van der Waals surface area contributed by atoms with E-state index in [1.807, 2.05) is 24.3 Å². The Balaban J connectivity index is 2.09. The fraction of sp³-hybridized carbons (Fsp3) is 0.250. The number of hydrogen-bond acceptors (Lipinski definition) is 3. The van der Waals surface area contributed by atoms with Gasteiger partial charge in [-0.2, -0.15) is 0 Å². The summed E-state index contributed by atoms with van der Waals surface area (Å²) >= 11 is 5.94. The van der Waals surface area contributed by atoms with E-state index in [-0.39, 0.29) is 17.4 Å². The first kappa shape index (κ1) is 13.3. The summed E-state index contributed by atoms with van der Waals surface area (Å²) in [5.41, 5.74) is 3.29. The maximum Gasteiger partial charge on any atom is 0.157 e. The van der Waals surface area contributed by atoms with Crippen LogP contribution in [0.5, 0.6) is 11.5 Å². The molecule has 1 unspecified atom stereocenters. The maximum absolute atomic E-state index is 9.78. The molecule has 1 aliphatic heterocycles. The largest absolute Gasteiger partial charge is 0.504 e. The number of halogens is 1. The van der Waals surface area contributed by atoms with Crippen molar-refractivity contribution in [3.63, 3.8) is 0 Å². The Morgan fingerprint density at radius 3 is 2.50 bits per heavy atom. The van der Waals surface area contributed by atoms with Gasteiger partial charge in [0.25, 0.3) is 0 Å². The first-order valence-electron chi connectivity index (χ1n) is 6.66. The summed E-state index contributed by atoms with van der Waals surface area (Å²) < 4.78 is 0. The molecule has 20 heavy (non-hydrogen) atoms. The summed E-state index contributed by atoms with van der Waals surface area (Å²) in [6.07, 6.45) is 0.841. The number of phenolic OH excluding ortho intramolecular Hbond substituents is 2. The number of hydrogen-bond donors (Lipinski definition) is 3. The highest BCUT2D eigenvalue weighted by Crippen LogP contribution is 2.36. The molecule has 0 radical (unpaired) electrons. The summed E-state index contributed by atoms with van der Waals surface area (Å²) in [6, 6.07) is 11.1. The lowest BCUT2D eigenvalue weighted by Gasteiger charge is -2.19. The molecule has 1 aliphatic rings. The predicted molar refractivity (Wildman–Crippen MR) is 79.6 cm³/mol. The molecule has 104 valence electrons. The van der Waals surface area contributed by atoms with Crippen LogP contribution in [0, 0.1) is 0 Å². The minimum absolute atomic E-state index is 0.0551. The predicted octanol–water partition coefficient (Wildman–Crippen LogP) is 3.03. The number of benzene rings is 2. The van der Waals surface area contributed by atoms with Crippen LogP contribution < -0.4 is 5.32 Å². The van der Waals surface area contributed by atoms with E-state index in [1.54, 1.807) is 12.1 Å². The van der Waals surface area contributed by atoms with Crippen molar-refractivity contribution in [1.29, 1.82) is 0 Å². The van der Waals surface area contributed by atoms with Crippen molar-refractivity contribution < 1.29 is 10.2 Å². The van der Waals surface area contributed by atoms with Crippen molar-refractivity contribution in [2.24, 2.45) is 0 Å². The van der Waals surface area contributed by atoms with Gasteiger partial charge in [-0.25, -0.2) is 0 Å². The van der Waals surface area contributed by atoms with Crippen molar-refractivity contribution in [2.75, 3.05) is 13.1 Å². The average molecular weight is 290 g/mol. The van der Waals surface area contributed by atoms with Crippen LogP contribution >= 0.6 is 11.6 Å². The van der Waals surface area contributed by atoms with Crippen LogP contribution in [0.25, 0.3) is 0 Å². The minimum atomic E-state index is -0.0652. The van der Waals surface area contributed by atoms with Gasteiger partial charge in [0, 0.05) is 17.5 Å². The Bertz CT molecular complexity index is 625. The van der Waals surface area contributed by atoms with Gasteiger partial charge in [-0.05, 0) is 53.9 Å². The van der Waals surface area contributed by atoms with E-state index in [4.69, 9.17) is 11.6 Å². The lowest BCUT2D eigenvalue weighted by Crippen LogP contribution is -2.20. The maximum atomic E-state index is 9.78. The average Bonchev–Trinajstić information content (AvgIpc) is 2.63. The van der Waals surface area contributed by atoms with Gasteiger partial charge in [0.1, 0.15) is 0 Å². The van der Waals surface area contributed by atoms with Gasteiger partial charge in [-0.3, -0.25) is 0 Å². The van der Waals surface area contributed by atoms with Crippen molar-refractivity contribution >= 4 is 11.6 Å². The summed E-state index contributed by atoms with van der Waals surface area (Å²) in [5, 5.41) is 23.6. The molecular formula is C16H16ClNO2. The molecule has 1 heterocycles. The molecule has 0 aliphatic carbocycles. The molecule has 2 aromatic rings. The summed E-state index contributed by atoms with van der Waals surface area (Å²) in [4.78, 5) is 0. The highest BCUT2D eigenvalue weighted by Gasteiger charge is 2.22. The molecule has 3 rings (SSSR count). The molecular weight excluding hydrogens is 274 g/mol. The lowest BCUT2D eigenvalue weighted by atomic mass is 9.88. The van der Waals surface area contributed by atoms with Gasteiger partial charge < -0.3 is 15.5 Å². The highest BCUT2D eigenvalue weighted by atomic mass is 35.5. The van der Waals surface area contributed by atoms with Gasteiger partial charge in [0.2, 0.25) is 0 Å². The van der Waals surface area contributed by atoms with Gasteiger partial charge in [-0.15, -0.1) is 0 Å². The van der Waals surface area contributed by atoms with Gasteiger partial charge in [-0.1, -0.05) is 23.7 Å². The second-order valence-electron chi connectivity index (χ2n) is 5.10. The molecule has 0 amide bonds. The van der Waals surface area contributed by atoms with E-state index in [1.165, 1.54) is 0 Å². The first-order chi connectivity index (χ1) is 9.65. The Hall–Kier alpha value is -1.71. The molecule has 4 heteroatoms. The fourth-order valence-corrected chi connectivity index (χ4v) is 2.88. The van der Waals surface area contributed by atoms with Crippen LogP contribution in [0.3, 0.4) is 0 Å². The van der Waals surface area contributed by atoms with Crippen molar-refractivity contribution in [3.05, 3.63) is 58.1 Å². The lowest BCUT2D eigenvalue weighted by molar-refractivity contribution is 0.402. The number of aromatic hydroxyl groups is 2. The molecule has 0 bridgehead atoms. The number of nitrogens with one attached hydrogen (secondary N) is 1. The monoisotopic (exact) mass is 289 g/mol. The zero-order chi connectivity index (χ0) is 14.1. The molecule has 0 fully saturated rings. The van der Waals surface area contributed by atoms with E-state index in [2.05, 4.69) is 5.32 Å². The van der Waals surface area contributed by atoms with E-state index < -0.39 is 0 Å². The number of fused-ring (bicyclic) bond motifs is 1. The zero-order valence-corrected chi connectivity index (χ0v) is 11.7. The van der Waals surface area contributed by atoms with Crippen LogP contribution in [0.1, 0.15) is 22.6 Å². The third-order valence-electron chi connectivity index (χ3n) is 3.80. The van der Waals surface area contributed by atoms with E-state index in [0.29, 0.717) is 5.02 Å². The minimum Gasteiger partial charge on any atom is -0.504 e. The number of phenols is 2. The van der Waals surface area contributed by atoms with Crippen LogP contribution in [0.2, 0.25) is 5.02 Å². The van der Waals surface area contributed by atoms with Crippen LogP contribution in [0.4, 0.5) is 0 Å². The molecule has 3 nitrogen and oxygen atoms in total. The highest BCUT2D eigenvalue weighted by molar-refractivity contribution is 6.30. The molecule has 1 atom stereocenters. The molecule has 0 aromatic heterocycles. The van der Waals surface area contributed by atoms with E-state index in [0.717, 1.165) is 36.2 Å². The van der Waals surface area contributed by atoms with Crippen LogP contribution in [0.15, 0.2) is 36.4 Å². The fourth-order valence-electron chi connectivity index (χ4n) is 2.75. The Morgan fingerprint density at radius 2 is 1.75 bits per heavy atom. The third kappa shape index (κ3) is 2.47. The Morgan fingerprint density at radius 1 is 1.05 bits per heavy atom. The quantitative estimate of drug-likeness (QED) is 0.707.